The number of benzene rings is 1. The predicted molar refractivity (Wildman–Crippen MR) is 315 cm³/mol. The first kappa shape index (κ1) is 67.9. The maximum absolute atomic E-state index is 14.7. The number of amides is 10. The quantitative estimate of drug-likeness (QED) is 0.0177. The molecule has 0 aromatic heterocycles. The van der Waals surface area contributed by atoms with Crippen molar-refractivity contribution in [1.29, 1.82) is 0 Å². The fourth-order valence-electron chi connectivity index (χ4n) is 11.1. The van der Waals surface area contributed by atoms with Crippen LogP contribution in [0.4, 0.5) is 0 Å². The summed E-state index contributed by atoms with van der Waals surface area (Å²) in [5.41, 5.74) is 23.4. The third-order valence-electron chi connectivity index (χ3n) is 15.6. The van der Waals surface area contributed by atoms with Crippen LogP contribution >= 0.6 is 11.8 Å². The molecule has 5 rings (SSSR count). The van der Waals surface area contributed by atoms with Gasteiger partial charge in [-0.2, -0.15) is 0 Å². The number of imide groups is 1. The van der Waals surface area contributed by atoms with Gasteiger partial charge in [-0.1, -0.05) is 76.8 Å². The van der Waals surface area contributed by atoms with Crippen molar-refractivity contribution < 1.29 is 57.8 Å². The number of nitrogens with one attached hydrogen (secondary N) is 5. The molecule has 4 fully saturated rings. The number of hydrogen-bond donors (Lipinski definition) is 10. The van der Waals surface area contributed by atoms with Crippen molar-refractivity contribution in [2.24, 2.45) is 33.8 Å². The van der Waals surface area contributed by atoms with E-state index in [1.807, 2.05) is 20.8 Å². The molecule has 1 aromatic rings. The molecule has 4 aliphatic rings. The number of carboxylic acid groups (broad SMARTS) is 1. The number of rotatable bonds is 34. The Morgan fingerprint density at radius 3 is 1.99 bits per heavy atom. The third kappa shape index (κ3) is 20.2. The Morgan fingerprint density at radius 1 is 0.714 bits per heavy atom. The molecule has 1 unspecified atom stereocenters. The fraction of sp³-hybridized carbons (Fsp3) is 0.684. The molecular weight excluding hydrogens is 1100 g/mol. The summed E-state index contributed by atoms with van der Waals surface area (Å²) >= 11 is 1.02. The minimum absolute atomic E-state index is 0.0728. The molecule has 0 radical (unpaired) electrons. The lowest BCUT2D eigenvalue weighted by Gasteiger charge is -2.33. The Labute approximate surface area is 496 Å². The molecule has 0 spiro atoms. The van der Waals surface area contributed by atoms with E-state index in [2.05, 4.69) is 31.6 Å². The maximum atomic E-state index is 14.7. The Morgan fingerprint density at radius 2 is 1.35 bits per heavy atom. The number of nitrogens with two attached hydrogens (primary N) is 4. The van der Waals surface area contributed by atoms with Crippen molar-refractivity contribution in [2.75, 3.05) is 51.6 Å². The van der Waals surface area contributed by atoms with Crippen LogP contribution in [0.3, 0.4) is 0 Å². The lowest BCUT2D eigenvalue weighted by molar-refractivity contribution is -0.148. The second-order valence-corrected chi connectivity index (χ2v) is 23.8. The standard InChI is InChI=1S/C57H90N14O12S/c1-4-5-6-12-26-71-47(73)32-45(55(71)81)84-34-41(53(79)68-27-15-22-43(68)51(77)66-40(56(82)83)30-35(2)3)67-49(75)39(31-36-17-8-7-9-18-36)64-46(72)33-63-50(76)42-21-14-28-69(42)54(80)44-23-16-29-70(44)52(78)38(20-13-25-62-57(60)61)65-48(74)37(59)19-10-11-24-58/h7-9,17-18,35,37-45H,4-6,10-16,19-34,58-59H2,1-3H3,(H,63,76)(H,64,72)(H,65,74)(H,66,77)(H,67,75)(H,82,83)(H4,60,61,62)/t37-,38-,39-,40-,41-,42-,43-,44-,45?/m0/s1. The number of nitrogens with zero attached hydrogens (tertiary/aromatic N) is 5. The molecular formula is C57H90N14O12S. The van der Waals surface area contributed by atoms with Crippen LogP contribution in [0.15, 0.2) is 35.3 Å². The van der Waals surface area contributed by atoms with Crippen molar-refractivity contribution in [2.45, 2.75) is 190 Å². The summed E-state index contributed by atoms with van der Waals surface area (Å²) in [6.07, 6.45) is 7.55. The highest BCUT2D eigenvalue weighted by atomic mass is 32.2. The molecule has 1 aromatic carbocycles. The summed E-state index contributed by atoms with van der Waals surface area (Å²) in [7, 11) is 0. The van der Waals surface area contributed by atoms with E-state index >= 15 is 0 Å². The molecule has 4 saturated heterocycles. The molecule has 0 aliphatic carbocycles. The van der Waals surface area contributed by atoms with Crippen LogP contribution in [0.5, 0.6) is 0 Å². The molecule has 0 saturated carbocycles. The number of guanidine groups is 1. The first-order valence-electron chi connectivity index (χ1n) is 29.8. The number of carbonyl (C=O) groups is 11. The van der Waals surface area contributed by atoms with Gasteiger partial charge in [0.25, 0.3) is 0 Å². The highest BCUT2D eigenvalue weighted by molar-refractivity contribution is 8.00. The lowest BCUT2D eigenvalue weighted by Crippen LogP contribution is -2.59. The number of thioether (sulfide) groups is 1. The van der Waals surface area contributed by atoms with Gasteiger partial charge >= 0.3 is 5.97 Å². The highest BCUT2D eigenvalue weighted by Gasteiger charge is 2.45. The normalized spacial score (nSPS) is 20.5. The van der Waals surface area contributed by atoms with Gasteiger partial charge in [-0.15, -0.1) is 11.8 Å². The van der Waals surface area contributed by atoms with Crippen LogP contribution in [-0.2, 0) is 59.2 Å². The average Bonchev–Trinajstić information content (AvgIpc) is 4.42. The van der Waals surface area contributed by atoms with E-state index in [0.29, 0.717) is 69.9 Å². The number of likely N-dealkylation sites (tertiary alicyclic amines) is 4. The maximum Gasteiger partial charge on any atom is 0.326 e. The molecule has 466 valence electrons. The minimum Gasteiger partial charge on any atom is -0.480 e. The first-order valence-corrected chi connectivity index (χ1v) is 30.8. The van der Waals surface area contributed by atoms with Crippen molar-refractivity contribution in [3.05, 3.63) is 35.9 Å². The summed E-state index contributed by atoms with van der Waals surface area (Å²) in [4.78, 5) is 161. The Kier molecular flexibility index (Phi) is 27.6. The Hall–Kier alpha value is -6.87. The Bertz CT molecular complexity index is 2490. The second kappa shape index (κ2) is 34.2. The molecule has 4 heterocycles. The van der Waals surface area contributed by atoms with E-state index in [1.54, 1.807) is 30.3 Å². The zero-order valence-corrected chi connectivity index (χ0v) is 49.8. The zero-order valence-electron chi connectivity index (χ0n) is 48.9. The minimum atomic E-state index is -1.40. The van der Waals surface area contributed by atoms with E-state index in [1.165, 1.54) is 19.6 Å². The van der Waals surface area contributed by atoms with Gasteiger partial charge in [0.1, 0.15) is 42.3 Å². The molecule has 9 atom stereocenters. The van der Waals surface area contributed by atoms with Gasteiger partial charge in [-0.05, 0) is 95.1 Å². The summed E-state index contributed by atoms with van der Waals surface area (Å²) in [6, 6.07) is -0.224. The molecule has 26 nitrogen and oxygen atoms in total. The molecule has 14 N–H and O–H groups in total. The van der Waals surface area contributed by atoms with Gasteiger partial charge in [0.15, 0.2) is 5.96 Å². The largest absolute Gasteiger partial charge is 0.480 e. The van der Waals surface area contributed by atoms with Crippen LogP contribution in [0.1, 0.15) is 135 Å². The van der Waals surface area contributed by atoms with Crippen LogP contribution in [0.25, 0.3) is 0 Å². The van der Waals surface area contributed by atoms with Crippen molar-refractivity contribution >= 4 is 82.8 Å². The molecule has 10 amide bonds. The van der Waals surface area contributed by atoms with Gasteiger partial charge in [0.2, 0.25) is 59.1 Å². The van der Waals surface area contributed by atoms with Crippen LogP contribution < -0.4 is 49.5 Å². The van der Waals surface area contributed by atoms with Gasteiger partial charge in [0, 0.05) is 51.3 Å². The van der Waals surface area contributed by atoms with Crippen LogP contribution in [0, 0.1) is 5.92 Å². The number of carbonyl (C=O) groups excluding carboxylic acids is 10. The van der Waals surface area contributed by atoms with E-state index in [4.69, 9.17) is 22.9 Å². The SMILES string of the molecule is CCCCCCN1C(=O)CC(SC[C@H](NC(=O)[C@H](Cc2ccccc2)NC(=O)CNC(=O)[C@@H]2CCCN2C(=O)[C@@H]2CCCN2C(=O)[C@H](CCCN=C(N)N)NC(=O)[C@@H](N)CCCCN)C(=O)N2CCC[C@H]2C(=O)N[C@@H](CC(C)C)C(=O)O)C1=O. The lowest BCUT2D eigenvalue weighted by atomic mass is 10.0. The van der Waals surface area contributed by atoms with Gasteiger partial charge in [-0.25, -0.2) is 4.79 Å². The number of aliphatic imine (C=N–C) groups is 1. The number of carboxylic acids is 1. The molecule has 0 bridgehead atoms. The predicted octanol–water partition coefficient (Wildman–Crippen LogP) is -0.661. The summed E-state index contributed by atoms with van der Waals surface area (Å²) in [6.45, 7) is 6.46. The molecule has 84 heavy (non-hydrogen) atoms. The third-order valence-corrected chi connectivity index (χ3v) is 16.9. The highest BCUT2D eigenvalue weighted by Crippen LogP contribution is 2.29. The topological polar surface area (TPSA) is 398 Å². The van der Waals surface area contributed by atoms with E-state index in [0.717, 1.165) is 31.0 Å². The fourth-order valence-corrected chi connectivity index (χ4v) is 12.3. The van der Waals surface area contributed by atoms with E-state index < -0.39 is 119 Å². The smallest absolute Gasteiger partial charge is 0.326 e. The van der Waals surface area contributed by atoms with Gasteiger partial charge in [-0.3, -0.25) is 57.8 Å². The van der Waals surface area contributed by atoms with Crippen molar-refractivity contribution in [3.8, 4) is 0 Å². The average molecular weight is 1200 g/mol. The van der Waals surface area contributed by atoms with Crippen molar-refractivity contribution in [3.63, 3.8) is 0 Å². The van der Waals surface area contributed by atoms with Crippen LogP contribution in [-0.4, -0.2) is 201 Å². The Balaban J connectivity index is 1.30. The zero-order chi connectivity index (χ0) is 61.5. The van der Waals surface area contributed by atoms with E-state index in [9.17, 15) is 57.8 Å². The van der Waals surface area contributed by atoms with Gasteiger partial charge < -0.3 is 69.3 Å². The van der Waals surface area contributed by atoms with Crippen molar-refractivity contribution in [1.82, 2.24) is 46.2 Å². The van der Waals surface area contributed by atoms with Gasteiger partial charge in [0.05, 0.1) is 17.8 Å². The first-order chi connectivity index (χ1) is 40.1. The monoisotopic (exact) mass is 1190 g/mol. The summed E-state index contributed by atoms with van der Waals surface area (Å²) in [5, 5.41) is 22.5. The summed E-state index contributed by atoms with van der Waals surface area (Å²) in [5.74, 6) is -7.47. The molecule has 27 heteroatoms. The summed E-state index contributed by atoms with van der Waals surface area (Å²) < 4.78 is 0. The number of aliphatic carboxylic acids is 1. The van der Waals surface area contributed by atoms with E-state index in [-0.39, 0.29) is 94.8 Å². The number of hydrogen-bond acceptors (Lipinski definition) is 15. The second-order valence-electron chi connectivity index (χ2n) is 22.6. The van der Waals surface area contributed by atoms with Crippen LogP contribution in [0.2, 0.25) is 0 Å². The number of unbranched alkanes of at least 4 members (excludes halogenated alkanes) is 4. The molecule has 4 aliphatic heterocycles.